The molecule has 1 saturated carbocycles. The summed E-state index contributed by atoms with van der Waals surface area (Å²) in [6, 6.07) is 5.81. The summed E-state index contributed by atoms with van der Waals surface area (Å²) >= 11 is 0. The topological polar surface area (TPSA) is 58.3 Å². The van der Waals surface area contributed by atoms with Crippen LogP contribution in [0.1, 0.15) is 38.1 Å². The SMILES string of the molecule is CC(C)(O)c1ccc2cc(CO)n(CC3CC3)c2n1. The Morgan fingerprint density at radius 3 is 2.68 bits per heavy atom. The Balaban J connectivity index is 2.13. The minimum atomic E-state index is -0.942. The number of rotatable bonds is 4. The fraction of sp³-hybridized carbons (Fsp3) is 0.533. The number of pyridine rings is 1. The molecule has 0 radical (unpaired) electrons. The Morgan fingerprint density at radius 2 is 2.11 bits per heavy atom. The van der Waals surface area contributed by atoms with Crippen molar-refractivity contribution < 1.29 is 10.2 Å². The molecule has 0 bridgehead atoms. The Hall–Kier alpha value is -1.39. The van der Waals surface area contributed by atoms with Gasteiger partial charge in [-0.1, -0.05) is 0 Å². The van der Waals surface area contributed by atoms with E-state index in [0.29, 0.717) is 11.6 Å². The third-order valence-corrected chi connectivity index (χ3v) is 3.76. The van der Waals surface area contributed by atoms with Crippen molar-refractivity contribution in [1.29, 1.82) is 0 Å². The van der Waals surface area contributed by atoms with Crippen molar-refractivity contribution in [2.24, 2.45) is 5.92 Å². The second-order valence-electron chi connectivity index (χ2n) is 6.02. The number of hydrogen-bond acceptors (Lipinski definition) is 3. The van der Waals surface area contributed by atoms with E-state index in [2.05, 4.69) is 9.55 Å². The van der Waals surface area contributed by atoms with Gasteiger partial charge >= 0.3 is 0 Å². The lowest BCUT2D eigenvalue weighted by molar-refractivity contribution is 0.0741. The molecule has 0 aromatic carbocycles. The molecule has 102 valence electrons. The fourth-order valence-electron chi connectivity index (χ4n) is 2.42. The van der Waals surface area contributed by atoms with Crippen molar-refractivity contribution in [2.75, 3.05) is 0 Å². The van der Waals surface area contributed by atoms with Crippen molar-refractivity contribution in [2.45, 2.75) is 45.4 Å². The minimum Gasteiger partial charge on any atom is -0.390 e. The van der Waals surface area contributed by atoms with Gasteiger partial charge < -0.3 is 14.8 Å². The van der Waals surface area contributed by atoms with E-state index in [1.807, 2.05) is 18.2 Å². The van der Waals surface area contributed by atoms with Gasteiger partial charge in [-0.05, 0) is 50.8 Å². The van der Waals surface area contributed by atoms with E-state index in [1.54, 1.807) is 13.8 Å². The van der Waals surface area contributed by atoms with Crippen molar-refractivity contribution >= 4 is 11.0 Å². The van der Waals surface area contributed by atoms with Crippen LogP contribution in [-0.4, -0.2) is 19.8 Å². The molecule has 4 nitrogen and oxygen atoms in total. The maximum Gasteiger partial charge on any atom is 0.140 e. The van der Waals surface area contributed by atoms with Gasteiger partial charge in [0.15, 0.2) is 0 Å². The summed E-state index contributed by atoms with van der Waals surface area (Å²) in [5.41, 5.74) is 1.50. The number of aliphatic hydroxyl groups excluding tert-OH is 1. The van der Waals surface area contributed by atoms with E-state index in [9.17, 15) is 10.2 Å². The predicted molar refractivity (Wildman–Crippen MR) is 73.6 cm³/mol. The van der Waals surface area contributed by atoms with Crippen molar-refractivity contribution in [3.8, 4) is 0 Å². The molecule has 0 unspecified atom stereocenters. The molecule has 1 fully saturated rings. The van der Waals surface area contributed by atoms with Crippen LogP contribution in [0, 0.1) is 5.92 Å². The monoisotopic (exact) mass is 260 g/mol. The highest BCUT2D eigenvalue weighted by Gasteiger charge is 2.25. The van der Waals surface area contributed by atoms with Crippen LogP contribution < -0.4 is 0 Å². The summed E-state index contributed by atoms with van der Waals surface area (Å²) in [6.45, 7) is 4.42. The summed E-state index contributed by atoms with van der Waals surface area (Å²) in [5, 5.41) is 20.6. The van der Waals surface area contributed by atoms with Gasteiger partial charge in [0.1, 0.15) is 11.2 Å². The van der Waals surface area contributed by atoms with Crippen LogP contribution in [0.15, 0.2) is 18.2 Å². The second kappa shape index (κ2) is 4.32. The molecule has 1 aliphatic rings. The van der Waals surface area contributed by atoms with Crippen LogP contribution in [0.5, 0.6) is 0 Å². The summed E-state index contributed by atoms with van der Waals surface area (Å²) < 4.78 is 2.10. The first-order valence-electron chi connectivity index (χ1n) is 6.82. The first-order chi connectivity index (χ1) is 8.99. The van der Waals surface area contributed by atoms with Gasteiger partial charge in [0.05, 0.1) is 12.3 Å². The summed E-state index contributed by atoms with van der Waals surface area (Å²) in [5.74, 6) is 0.716. The van der Waals surface area contributed by atoms with Crippen molar-refractivity contribution in [1.82, 2.24) is 9.55 Å². The molecule has 2 aromatic rings. The third kappa shape index (κ3) is 2.38. The lowest BCUT2D eigenvalue weighted by Gasteiger charge is -2.17. The predicted octanol–water partition coefficient (Wildman–Crippen LogP) is 2.17. The van der Waals surface area contributed by atoms with E-state index in [4.69, 9.17) is 0 Å². The van der Waals surface area contributed by atoms with Gasteiger partial charge in [-0.3, -0.25) is 0 Å². The molecule has 1 aliphatic carbocycles. The van der Waals surface area contributed by atoms with E-state index < -0.39 is 5.60 Å². The highest BCUT2D eigenvalue weighted by molar-refractivity contribution is 5.77. The molecule has 0 spiro atoms. The fourth-order valence-corrected chi connectivity index (χ4v) is 2.42. The Kier molecular flexibility index (Phi) is 2.87. The molecule has 0 atom stereocenters. The zero-order valence-corrected chi connectivity index (χ0v) is 11.4. The number of hydrogen-bond donors (Lipinski definition) is 2. The molecular weight excluding hydrogens is 240 g/mol. The van der Waals surface area contributed by atoms with Gasteiger partial charge in [0.2, 0.25) is 0 Å². The zero-order chi connectivity index (χ0) is 13.6. The molecule has 0 amide bonds. The number of aromatic nitrogens is 2. The molecule has 0 aliphatic heterocycles. The third-order valence-electron chi connectivity index (χ3n) is 3.76. The molecule has 19 heavy (non-hydrogen) atoms. The summed E-state index contributed by atoms with van der Waals surface area (Å²) in [7, 11) is 0. The van der Waals surface area contributed by atoms with Gasteiger partial charge in [-0.15, -0.1) is 0 Å². The van der Waals surface area contributed by atoms with Crippen LogP contribution >= 0.6 is 0 Å². The van der Waals surface area contributed by atoms with Crippen molar-refractivity contribution in [3.63, 3.8) is 0 Å². The smallest absolute Gasteiger partial charge is 0.140 e. The molecule has 3 rings (SSSR count). The summed E-state index contributed by atoms with van der Waals surface area (Å²) in [4.78, 5) is 4.60. The largest absolute Gasteiger partial charge is 0.390 e. The van der Waals surface area contributed by atoms with E-state index in [1.165, 1.54) is 12.8 Å². The van der Waals surface area contributed by atoms with Crippen LogP contribution in [0.2, 0.25) is 0 Å². The molecule has 2 aromatic heterocycles. The Labute approximate surface area is 112 Å². The first-order valence-corrected chi connectivity index (χ1v) is 6.82. The average Bonchev–Trinajstić information content (AvgIpc) is 3.09. The molecular formula is C15H20N2O2. The standard InChI is InChI=1S/C15H20N2O2/c1-15(2,19)13-6-5-11-7-12(9-18)17(14(11)16-13)8-10-3-4-10/h5-7,10,18-19H,3-4,8-9H2,1-2H3. The number of fused-ring (bicyclic) bond motifs is 1. The van der Waals surface area contributed by atoms with Gasteiger partial charge in [-0.2, -0.15) is 0 Å². The van der Waals surface area contributed by atoms with Gasteiger partial charge in [-0.25, -0.2) is 4.98 Å². The van der Waals surface area contributed by atoms with Gasteiger partial charge in [0, 0.05) is 17.6 Å². The molecule has 4 heteroatoms. The van der Waals surface area contributed by atoms with Crippen LogP contribution in [0.25, 0.3) is 11.0 Å². The van der Waals surface area contributed by atoms with Gasteiger partial charge in [0.25, 0.3) is 0 Å². The molecule has 2 N–H and O–H groups in total. The average molecular weight is 260 g/mol. The zero-order valence-electron chi connectivity index (χ0n) is 11.4. The maximum atomic E-state index is 10.1. The quantitative estimate of drug-likeness (QED) is 0.885. The Morgan fingerprint density at radius 1 is 1.37 bits per heavy atom. The van der Waals surface area contributed by atoms with E-state index >= 15 is 0 Å². The van der Waals surface area contributed by atoms with Crippen LogP contribution in [-0.2, 0) is 18.8 Å². The first kappa shape index (κ1) is 12.6. The lowest BCUT2D eigenvalue weighted by Crippen LogP contribution is -2.18. The minimum absolute atomic E-state index is 0.0287. The highest BCUT2D eigenvalue weighted by Crippen LogP contribution is 2.33. The normalized spacial score (nSPS) is 16.2. The molecule has 0 saturated heterocycles. The Bertz CT molecular complexity index is 606. The van der Waals surface area contributed by atoms with E-state index in [-0.39, 0.29) is 6.61 Å². The van der Waals surface area contributed by atoms with Crippen molar-refractivity contribution in [3.05, 3.63) is 29.6 Å². The van der Waals surface area contributed by atoms with Crippen LogP contribution in [0.3, 0.4) is 0 Å². The van der Waals surface area contributed by atoms with E-state index in [0.717, 1.165) is 23.3 Å². The highest BCUT2D eigenvalue weighted by atomic mass is 16.3. The van der Waals surface area contributed by atoms with Crippen LogP contribution in [0.4, 0.5) is 0 Å². The molecule has 2 heterocycles. The second-order valence-corrected chi connectivity index (χ2v) is 6.02. The lowest BCUT2D eigenvalue weighted by atomic mass is 10.0. The number of nitrogens with zero attached hydrogens (tertiary/aromatic N) is 2. The maximum absolute atomic E-state index is 10.1. The number of aliphatic hydroxyl groups is 2. The summed E-state index contributed by atoms with van der Waals surface area (Å²) in [6.07, 6.45) is 2.52.